The first-order valence-electron chi connectivity index (χ1n) is 3.65. The van der Waals surface area contributed by atoms with Crippen molar-refractivity contribution in [3.05, 3.63) is 22.5 Å². The highest BCUT2D eigenvalue weighted by Gasteiger charge is 1.99. The molecular weight excluding hydrogens is 170 g/mol. The molecule has 0 aliphatic heterocycles. The number of imidazole rings is 1. The summed E-state index contributed by atoms with van der Waals surface area (Å²) < 4.78 is 0.634. The largest absolute Gasteiger partial charge is 0.398 e. The van der Waals surface area contributed by atoms with Crippen LogP contribution in [0.5, 0.6) is 0 Å². The van der Waals surface area contributed by atoms with Crippen molar-refractivity contribution in [1.29, 1.82) is 0 Å². The summed E-state index contributed by atoms with van der Waals surface area (Å²) in [5.74, 6) is 0. The average molecular weight is 179 g/mol. The summed E-state index contributed by atoms with van der Waals surface area (Å²) in [4.78, 5) is 6.04. The van der Waals surface area contributed by atoms with E-state index < -0.39 is 0 Å². The Kier molecular flexibility index (Phi) is 1.44. The van der Waals surface area contributed by atoms with Gasteiger partial charge in [0.25, 0.3) is 0 Å². The Labute approximate surface area is 74.6 Å². The number of aromatic amines is 2. The fourth-order valence-corrected chi connectivity index (χ4v) is 1.43. The number of H-pyrrole nitrogens is 2. The number of nitrogens with two attached hydrogens (primary N) is 1. The molecule has 2 aromatic rings. The molecule has 62 valence electrons. The van der Waals surface area contributed by atoms with Gasteiger partial charge in [0.05, 0.1) is 11.0 Å². The second-order valence-electron chi connectivity index (χ2n) is 2.83. The van der Waals surface area contributed by atoms with Gasteiger partial charge in [-0.25, -0.2) is 0 Å². The molecule has 1 heterocycles. The molecule has 0 radical (unpaired) electrons. The predicted molar refractivity (Wildman–Crippen MR) is 52.6 cm³/mol. The lowest BCUT2D eigenvalue weighted by molar-refractivity contribution is 1.30. The molecule has 0 unspecified atom stereocenters. The molecule has 0 fully saturated rings. The second kappa shape index (κ2) is 2.35. The number of fused-ring (bicyclic) bond motifs is 1. The van der Waals surface area contributed by atoms with Crippen LogP contribution in [0.2, 0.25) is 0 Å². The van der Waals surface area contributed by atoms with Gasteiger partial charge in [0.15, 0.2) is 4.77 Å². The number of aryl methyl sites for hydroxylation is 1. The summed E-state index contributed by atoms with van der Waals surface area (Å²) >= 11 is 4.95. The van der Waals surface area contributed by atoms with Crippen molar-refractivity contribution in [2.75, 3.05) is 5.73 Å². The highest BCUT2D eigenvalue weighted by atomic mass is 32.1. The highest BCUT2D eigenvalue weighted by Crippen LogP contribution is 2.18. The van der Waals surface area contributed by atoms with Gasteiger partial charge < -0.3 is 15.7 Å². The van der Waals surface area contributed by atoms with Gasteiger partial charge in [-0.05, 0) is 36.8 Å². The number of rotatable bonds is 0. The minimum atomic E-state index is 0.634. The lowest BCUT2D eigenvalue weighted by Crippen LogP contribution is -1.88. The van der Waals surface area contributed by atoms with Gasteiger partial charge in [-0.3, -0.25) is 0 Å². The maximum Gasteiger partial charge on any atom is 0.175 e. The Bertz CT molecular complexity index is 438. The minimum Gasteiger partial charge on any atom is -0.398 e. The van der Waals surface area contributed by atoms with E-state index in [1.54, 1.807) is 0 Å². The first-order valence-corrected chi connectivity index (χ1v) is 4.06. The summed E-state index contributed by atoms with van der Waals surface area (Å²) in [5.41, 5.74) is 9.54. The molecule has 4 heteroatoms. The van der Waals surface area contributed by atoms with Crippen LogP contribution in [0, 0.1) is 11.7 Å². The summed E-state index contributed by atoms with van der Waals surface area (Å²) in [6, 6.07) is 3.87. The van der Waals surface area contributed by atoms with E-state index in [4.69, 9.17) is 18.0 Å². The van der Waals surface area contributed by atoms with Crippen molar-refractivity contribution in [1.82, 2.24) is 9.97 Å². The van der Waals surface area contributed by atoms with Crippen molar-refractivity contribution >= 4 is 28.9 Å². The number of hydrogen-bond donors (Lipinski definition) is 3. The first kappa shape index (κ1) is 7.36. The quantitative estimate of drug-likeness (QED) is 0.428. The molecule has 0 saturated heterocycles. The fourth-order valence-electron chi connectivity index (χ4n) is 1.21. The lowest BCUT2D eigenvalue weighted by Gasteiger charge is -1.97. The number of nitrogens with one attached hydrogen (secondary N) is 2. The standard InChI is InChI=1S/C8H9N3S/c1-4-2-6-7(3-5(4)9)11-8(12)10-6/h2-3H,9H2,1H3,(H2,10,11,12). The molecular formula is C8H9N3S. The molecule has 1 aromatic carbocycles. The topological polar surface area (TPSA) is 57.6 Å². The van der Waals surface area contributed by atoms with Crippen molar-refractivity contribution in [3.8, 4) is 0 Å². The lowest BCUT2D eigenvalue weighted by atomic mass is 10.2. The van der Waals surface area contributed by atoms with Crippen LogP contribution in [0.25, 0.3) is 11.0 Å². The molecule has 0 saturated carbocycles. The predicted octanol–water partition coefficient (Wildman–Crippen LogP) is 2.12. The summed E-state index contributed by atoms with van der Waals surface area (Å²) in [7, 11) is 0. The number of benzene rings is 1. The first-order chi connectivity index (χ1) is 5.66. The summed E-state index contributed by atoms with van der Waals surface area (Å²) in [6.45, 7) is 1.97. The molecule has 1 aromatic heterocycles. The molecule has 4 N–H and O–H groups in total. The zero-order valence-corrected chi connectivity index (χ0v) is 7.46. The van der Waals surface area contributed by atoms with Crippen molar-refractivity contribution < 1.29 is 0 Å². The van der Waals surface area contributed by atoms with Gasteiger partial charge >= 0.3 is 0 Å². The third kappa shape index (κ3) is 1.00. The highest BCUT2D eigenvalue weighted by molar-refractivity contribution is 7.71. The van der Waals surface area contributed by atoms with Gasteiger partial charge in [-0.2, -0.15) is 0 Å². The molecule has 0 atom stereocenters. The molecule has 0 aliphatic carbocycles. The Balaban J connectivity index is 2.92. The monoisotopic (exact) mass is 179 g/mol. The van der Waals surface area contributed by atoms with Gasteiger partial charge in [0.2, 0.25) is 0 Å². The molecule has 0 spiro atoms. The maximum absolute atomic E-state index is 5.73. The third-order valence-electron chi connectivity index (χ3n) is 1.90. The van der Waals surface area contributed by atoms with Crippen molar-refractivity contribution in [2.24, 2.45) is 0 Å². The van der Waals surface area contributed by atoms with E-state index in [0.29, 0.717) is 4.77 Å². The van der Waals surface area contributed by atoms with Crippen molar-refractivity contribution in [3.63, 3.8) is 0 Å². The SMILES string of the molecule is Cc1cc2[nH]c(=S)[nH]c2cc1N. The zero-order chi connectivity index (χ0) is 8.72. The maximum atomic E-state index is 5.73. The van der Waals surface area contributed by atoms with E-state index in [1.807, 2.05) is 19.1 Å². The van der Waals surface area contributed by atoms with Crippen molar-refractivity contribution in [2.45, 2.75) is 6.92 Å². The Morgan fingerprint density at radius 3 is 2.50 bits per heavy atom. The Morgan fingerprint density at radius 2 is 1.83 bits per heavy atom. The van der Waals surface area contributed by atoms with E-state index >= 15 is 0 Å². The Morgan fingerprint density at radius 1 is 1.25 bits per heavy atom. The normalized spacial score (nSPS) is 10.8. The smallest absolute Gasteiger partial charge is 0.175 e. The van der Waals surface area contributed by atoms with Gasteiger partial charge in [-0.15, -0.1) is 0 Å². The van der Waals surface area contributed by atoms with Crippen LogP contribution >= 0.6 is 12.2 Å². The van der Waals surface area contributed by atoms with Gasteiger partial charge in [0.1, 0.15) is 0 Å². The molecule has 2 rings (SSSR count). The number of hydrogen-bond acceptors (Lipinski definition) is 2. The third-order valence-corrected chi connectivity index (χ3v) is 2.11. The van der Waals surface area contributed by atoms with Crippen LogP contribution in [-0.4, -0.2) is 9.97 Å². The van der Waals surface area contributed by atoms with Gasteiger partial charge in [0, 0.05) is 5.69 Å². The average Bonchev–Trinajstić information content (AvgIpc) is 2.30. The van der Waals surface area contributed by atoms with E-state index in [1.165, 1.54) is 0 Å². The van der Waals surface area contributed by atoms with Crippen LogP contribution in [0.3, 0.4) is 0 Å². The Hall–Kier alpha value is -1.29. The second-order valence-corrected chi connectivity index (χ2v) is 3.24. The van der Waals surface area contributed by atoms with Crippen LogP contribution in [0.15, 0.2) is 12.1 Å². The fraction of sp³-hybridized carbons (Fsp3) is 0.125. The molecule has 0 aliphatic rings. The van der Waals surface area contributed by atoms with Crippen LogP contribution in [0.4, 0.5) is 5.69 Å². The van der Waals surface area contributed by atoms with E-state index in [2.05, 4.69) is 9.97 Å². The molecule has 12 heavy (non-hydrogen) atoms. The minimum absolute atomic E-state index is 0.634. The van der Waals surface area contributed by atoms with Crippen LogP contribution in [-0.2, 0) is 0 Å². The van der Waals surface area contributed by atoms with E-state index in [0.717, 1.165) is 22.3 Å². The number of nitrogen functional groups attached to an aromatic ring is 1. The van der Waals surface area contributed by atoms with E-state index in [9.17, 15) is 0 Å². The van der Waals surface area contributed by atoms with E-state index in [-0.39, 0.29) is 0 Å². The molecule has 0 amide bonds. The molecule has 0 bridgehead atoms. The summed E-state index contributed by atoms with van der Waals surface area (Å²) in [6.07, 6.45) is 0. The van der Waals surface area contributed by atoms with Crippen LogP contribution < -0.4 is 5.73 Å². The molecule has 3 nitrogen and oxygen atoms in total. The van der Waals surface area contributed by atoms with Gasteiger partial charge in [-0.1, -0.05) is 0 Å². The van der Waals surface area contributed by atoms with Crippen LogP contribution in [0.1, 0.15) is 5.56 Å². The number of anilines is 1. The number of aromatic nitrogens is 2. The summed E-state index contributed by atoms with van der Waals surface area (Å²) in [5, 5.41) is 0. The zero-order valence-electron chi connectivity index (χ0n) is 6.64.